The zero-order valence-electron chi connectivity index (χ0n) is 9.32. The molecule has 1 aromatic rings. The highest BCUT2D eigenvalue weighted by Gasteiger charge is 2.14. The van der Waals surface area contributed by atoms with E-state index in [2.05, 4.69) is 10.6 Å². The average Bonchev–Trinajstić information content (AvgIpc) is 2.30. The topological polar surface area (TPSA) is 50.4 Å². The molecule has 1 atom stereocenters. The molecular formula is C12H16N2O2. The SMILES string of the molecule is CC(=O)Nc1ccc([C@@H]2COCCN2)cc1. The molecule has 0 radical (unpaired) electrons. The first-order valence-corrected chi connectivity index (χ1v) is 5.44. The van der Waals surface area contributed by atoms with Crippen molar-refractivity contribution in [2.45, 2.75) is 13.0 Å². The lowest BCUT2D eigenvalue weighted by atomic mass is 10.1. The Morgan fingerprint density at radius 1 is 1.44 bits per heavy atom. The van der Waals surface area contributed by atoms with Crippen LogP contribution in [0, 0.1) is 0 Å². The molecule has 0 spiro atoms. The molecule has 0 aliphatic carbocycles. The number of anilines is 1. The number of hydrogen-bond acceptors (Lipinski definition) is 3. The second-order valence-electron chi connectivity index (χ2n) is 3.88. The van der Waals surface area contributed by atoms with Gasteiger partial charge in [0.15, 0.2) is 0 Å². The molecule has 1 fully saturated rings. The van der Waals surface area contributed by atoms with E-state index in [9.17, 15) is 4.79 Å². The number of amides is 1. The van der Waals surface area contributed by atoms with Gasteiger partial charge < -0.3 is 15.4 Å². The van der Waals surface area contributed by atoms with E-state index >= 15 is 0 Å². The fraction of sp³-hybridized carbons (Fsp3) is 0.417. The van der Waals surface area contributed by atoms with Crippen LogP contribution in [0.2, 0.25) is 0 Å². The molecule has 1 saturated heterocycles. The maximum atomic E-state index is 10.9. The number of ether oxygens (including phenoxy) is 1. The first-order chi connectivity index (χ1) is 7.75. The van der Waals surface area contributed by atoms with Gasteiger partial charge in [-0.05, 0) is 17.7 Å². The smallest absolute Gasteiger partial charge is 0.221 e. The third kappa shape index (κ3) is 2.81. The third-order valence-corrected chi connectivity index (χ3v) is 2.56. The van der Waals surface area contributed by atoms with Gasteiger partial charge in [0.05, 0.1) is 19.3 Å². The van der Waals surface area contributed by atoms with Crippen LogP contribution in [0.4, 0.5) is 5.69 Å². The summed E-state index contributed by atoms with van der Waals surface area (Å²) in [7, 11) is 0. The summed E-state index contributed by atoms with van der Waals surface area (Å²) in [6.07, 6.45) is 0. The number of morpholine rings is 1. The number of hydrogen-bond donors (Lipinski definition) is 2. The van der Waals surface area contributed by atoms with Gasteiger partial charge in [0.1, 0.15) is 0 Å². The monoisotopic (exact) mass is 220 g/mol. The first kappa shape index (κ1) is 11.1. The largest absolute Gasteiger partial charge is 0.378 e. The Morgan fingerprint density at radius 3 is 2.75 bits per heavy atom. The van der Waals surface area contributed by atoms with Crippen molar-refractivity contribution in [3.63, 3.8) is 0 Å². The molecule has 0 aromatic heterocycles. The van der Waals surface area contributed by atoms with Crippen molar-refractivity contribution >= 4 is 11.6 Å². The normalized spacial score (nSPS) is 20.4. The van der Waals surface area contributed by atoms with Crippen molar-refractivity contribution in [1.82, 2.24) is 5.32 Å². The predicted octanol–water partition coefficient (Wildman–Crippen LogP) is 1.31. The van der Waals surface area contributed by atoms with Crippen LogP contribution >= 0.6 is 0 Å². The first-order valence-electron chi connectivity index (χ1n) is 5.44. The zero-order chi connectivity index (χ0) is 11.4. The summed E-state index contributed by atoms with van der Waals surface area (Å²) in [6, 6.07) is 8.11. The molecule has 4 heteroatoms. The van der Waals surface area contributed by atoms with Crippen molar-refractivity contribution < 1.29 is 9.53 Å². The van der Waals surface area contributed by atoms with Crippen molar-refractivity contribution in [2.75, 3.05) is 25.1 Å². The Bertz CT molecular complexity index is 356. The van der Waals surface area contributed by atoms with Crippen molar-refractivity contribution in [1.29, 1.82) is 0 Å². The Labute approximate surface area is 95.0 Å². The highest BCUT2D eigenvalue weighted by atomic mass is 16.5. The van der Waals surface area contributed by atoms with Crippen LogP contribution < -0.4 is 10.6 Å². The number of benzene rings is 1. The Kier molecular flexibility index (Phi) is 3.54. The number of carbonyl (C=O) groups is 1. The van der Waals surface area contributed by atoms with E-state index < -0.39 is 0 Å². The fourth-order valence-corrected chi connectivity index (χ4v) is 1.78. The summed E-state index contributed by atoms with van der Waals surface area (Å²) in [4.78, 5) is 10.9. The van der Waals surface area contributed by atoms with Gasteiger partial charge in [-0.1, -0.05) is 12.1 Å². The highest BCUT2D eigenvalue weighted by Crippen LogP contribution is 2.18. The molecule has 86 valence electrons. The van der Waals surface area contributed by atoms with Gasteiger partial charge in [-0.3, -0.25) is 4.79 Å². The summed E-state index contributed by atoms with van der Waals surface area (Å²) < 4.78 is 5.40. The minimum atomic E-state index is -0.0492. The van der Waals surface area contributed by atoms with E-state index in [0.717, 1.165) is 18.8 Å². The summed E-state index contributed by atoms with van der Waals surface area (Å²) in [5, 5.41) is 6.13. The Hall–Kier alpha value is -1.39. The van der Waals surface area contributed by atoms with E-state index in [4.69, 9.17) is 4.74 Å². The van der Waals surface area contributed by atoms with Gasteiger partial charge in [-0.15, -0.1) is 0 Å². The molecule has 1 heterocycles. The summed E-state index contributed by atoms with van der Waals surface area (Å²) in [5.41, 5.74) is 2.02. The molecule has 0 saturated carbocycles. The predicted molar refractivity (Wildman–Crippen MR) is 62.3 cm³/mol. The Balaban J connectivity index is 2.03. The summed E-state index contributed by atoms with van der Waals surface area (Å²) >= 11 is 0. The lowest BCUT2D eigenvalue weighted by molar-refractivity contribution is -0.114. The van der Waals surface area contributed by atoms with Crippen molar-refractivity contribution in [3.05, 3.63) is 29.8 Å². The molecule has 1 aliphatic heterocycles. The number of carbonyl (C=O) groups excluding carboxylic acids is 1. The second kappa shape index (κ2) is 5.09. The van der Waals surface area contributed by atoms with E-state index in [1.54, 1.807) is 0 Å². The lowest BCUT2D eigenvalue weighted by Crippen LogP contribution is -2.34. The van der Waals surface area contributed by atoms with Gasteiger partial charge in [-0.2, -0.15) is 0 Å². The van der Waals surface area contributed by atoms with E-state index in [-0.39, 0.29) is 11.9 Å². The molecule has 16 heavy (non-hydrogen) atoms. The fourth-order valence-electron chi connectivity index (χ4n) is 1.78. The van der Waals surface area contributed by atoms with Gasteiger partial charge in [0, 0.05) is 19.2 Å². The average molecular weight is 220 g/mol. The van der Waals surface area contributed by atoms with Crippen LogP contribution in [0.5, 0.6) is 0 Å². The van der Waals surface area contributed by atoms with Crippen LogP contribution in [0.15, 0.2) is 24.3 Å². The van der Waals surface area contributed by atoms with Crippen LogP contribution in [0.1, 0.15) is 18.5 Å². The van der Waals surface area contributed by atoms with Gasteiger partial charge in [0.2, 0.25) is 5.91 Å². The minimum Gasteiger partial charge on any atom is -0.378 e. The molecule has 0 bridgehead atoms. The lowest BCUT2D eigenvalue weighted by Gasteiger charge is -2.24. The van der Waals surface area contributed by atoms with Gasteiger partial charge in [0.25, 0.3) is 0 Å². The summed E-state index contributed by atoms with van der Waals surface area (Å²) in [5.74, 6) is -0.0492. The van der Waals surface area contributed by atoms with Gasteiger partial charge >= 0.3 is 0 Å². The van der Waals surface area contributed by atoms with E-state index in [0.29, 0.717) is 6.61 Å². The zero-order valence-corrected chi connectivity index (χ0v) is 9.32. The maximum Gasteiger partial charge on any atom is 0.221 e. The maximum absolute atomic E-state index is 10.9. The molecular weight excluding hydrogens is 204 g/mol. The van der Waals surface area contributed by atoms with Crippen molar-refractivity contribution in [2.24, 2.45) is 0 Å². The minimum absolute atomic E-state index is 0.0492. The third-order valence-electron chi connectivity index (χ3n) is 2.56. The Morgan fingerprint density at radius 2 is 2.19 bits per heavy atom. The van der Waals surface area contributed by atoms with E-state index in [1.165, 1.54) is 12.5 Å². The van der Waals surface area contributed by atoms with Gasteiger partial charge in [-0.25, -0.2) is 0 Å². The molecule has 1 aliphatic rings. The van der Waals surface area contributed by atoms with Crippen LogP contribution in [-0.4, -0.2) is 25.7 Å². The quantitative estimate of drug-likeness (QED) is 0.790. The molecule has 4 nitrogen and oxygen atoms in total. The molecule has 1 aromatic carbocycles. The molecule has 0 unspecified atom stereocenters. The standard InChI is InChI=1S/C12H16N2O2/c1-9(15)14-11-4-2-10(3-5-11)12-8-16-7-6-13-12/h2-5,12-13H,6-8H2,1H3,(H,14,15)/t12-/m0/s1. The number of rotatable bonds is 2. The molecule has 1 amide bonds. The van der Waals surface area contributed by atoms with Crippen LogP contribution in [-0.2, 0) is 9.53 Å². The molecule has 2 N–H and O–H groups in total. The molecule has 2 rings (SSSR count). The van der Waals surface area contributed by atoms with Crippen LogP contribution in [0.3, 0.4) is 0 Å². The van der Waals surface area contributed by atoms with Crippen LogP contribution in [0.25, 0.3) is 0 Å². The second-order valence-corrected chi connectivity index (χ2v) is 3.88. The summed E-state index contributed by atoms with van der Waals surface area (Å²) in [6.45, 7) is 3.88. The number of nitrogens with one attached hydrogen (secondary N) is 2. The highest BCUT2D eigenvalue weighted by molar-refractivity contribution is 5.88. The van der Waals surface area contributed by atoms with E-state index in [1.807, 2.05) is 24.3 Å². The van der Waals surface area contributed by atoms with Crippen molar-refractivity contribution in [3.8, 4) is 0 Å².